The number of halogens is 1. The molecule has 0 aliphatic heterocycles. The highest BCUT2D eigenvalue weighted by Crippen LogP contribution is 2.04. The summed E-state index contributed by atoms with van der Waals surface area (Å²) in [6, 6.07) is 0.258. The third-order valence-corrected chi connectivity index (χ3v) is 2.70. The van der Waals surface area contributed by atoms with Crippen molar-refractivity contribution in [2.45, 2.75) is 26.8 Å². The molecule has 0 aromatic heterocycles. The number of ether oxygens (including phenoxy) is 1. The Balaban J connectivity index is 3.73. The van der Waals surface area contributed by atoms with E-state index < -0.39 is 0 Å². The van der Waals surface area contributed by atoms with Crippen LogP contribution < -0.4 is 5.32 Å². The van der Waals surface area contributed by atoms with Gasteiger partial charge in [0.25, 0.3) is 0 Å². The summed E-state index contributed by atoms with van der Waals surface area (Å²) in [5.74, 6) is 0.458. The van der Waals surface area contributed by atoms with E-state index in [4.69, 9.17) is 4.74 Å². The highest BCUT2D eigenvalue weighted by atomic mass is 127. The van der Waals surface area contributed by atoms with Gasteiger partial charge in [0.05, 0.1) is 0 Å². The van der Waals surface area contributed by atoms with Gasteiger partial charge < -0.3 is 10.1 Å². The van der Waals surface area contributed by atoms with E-state index in [2.05, 4.69) is 41.8 Å². The van der Waals surface area contributed by atoms with Gasteiger partial charge in [0, 0.05) is 17.1 Å². The van der Waals surface area contributed by atoms with Crippen LogP contribution >= 0.6 is 22.6 Å². The van der Waals surface area contributed by atoms with Crippen molar-refractivity contribution < 1.29 is 9.53 Å². The molecule has 0 aromatic carbocycles. The van der Waals surface area contributed by atoms with Gasteiger partial charge in [-0.25, -0.2) is 0 Å². The maximum atomic E-state index is 11.2. The molecule has 0 aliphatic carbocycles. The van der Waals surface area contributed by atoms with E-state index >= 15 is 0 Å². The van der Waals surface area contributed by atoms with Crippen LogP contribution in [0.15, 0.2) is 0 Å². The van der Waals surface area contributed by atoms with E-state index in [0.29, 0.717) is 12.5 Å². The summed E-state index contributed by atoms with van der Waals surface area (Å²) in [6.07, 6.45) is 0. The number of rotatable bonds is 6. The van der Waals surface area contributed by atoms with Crippen LogP contribution in [0.3, 0.4) is 0 Å². The molecule has 0 heterocycles. The van der Waals surface area contributed by atoms with Crippen molar-refractivity contribution in [1.29, 1.82) is 0 Å². The molecule has 1 amide bonds. The molecule has 1 atom stereocenters. The third-order valence-electron chi connectivity index (χ3n) is 1.75. The van der Waals surface area contributed by atoms with Crippen LogP contribution in [-0.4, -0.2) is 29.6 Å². The second-order valence-corrected chi connectivity index (χ2v) is 4.09. The summed E-state index contributed by atoms with van der Waals surface area (Å²) in [5.41, 5.74) is 0. The van der Waals surface area contributed by atoms with Gasteiger partial charge in [-0.05, 0) is 12.8 Å². The van der Waals surface area contributed by atoms with Crippen molar-refractivity contribution in [2.24, 2.45) is 5.92 Å². The molecule has 0 radical (unpaired) electrons. The standard InChI is InChI=1S/C9H18INO2/c1-4-13-6-9(12)11-8(5-10)7(2)3/h7-8H,4-6H2,1-3H3,(H,11,12). The van der Waals surface area contributed by atoms with E-state index in [1.165, 1.54) is 0 Å². The summed E-state index contributed by atoms with van der Waals surface area (Å²) < 4.78 is 5.94. The van der Waals surface area contributed by atoms with Gasteiger partial charge in [-0.2, -0.15) is 0 Å². The van der Waals surface area contributed by atoms with Crippen LogP contribution in [0.1, 0.15) is 20.8 Å². The fourth-order valence-electron chi connectivity index (χ4n) is 0.827. The van der Waals surface area contributed by atoms with E-state index in [-0.39, 0.29) is 18.6 Å². The lowest BCUT2D eigenvalue weighted by atomic mass is 10.1. The van der Waals surface area contributed by atoms with Crippen molar-refractivity contribution in [3.8, 4) is 0 Å². The predicted octanol–water partition coefficient (Wildman–Crippen LogP) is 1.60. The van der Waals surface area contributed by atoms with E-state index in [9.17, 15) is 4.79 Å². The van der Waals surface area contributed by atoms with Gasteiger partial charge in [-0.1, -0.05) is 36.4 Å². The van der Waals surface area contributed by atoms with Crippen LogP contribution in [0.25, 0.3) is 0 Å². The van der Waals surface area contributed by atoms with Gasteiger partial charge in [-0.15, -0.1) is 0 Å². The zero-order valence-corrected chi connectivity index (χ0v) is 10.6. The minimum absolute atomic E-state index is 0.0165. The van der Waals surface area contributed by atoms with Crippen molar-refractivity contribution in [3.05, 3.63) is 0 Å². The third kappa shape index (κ3) is 6.26. The zero-order chi connectivity index (χ0) is 10.3. The lowest BCUT2D eigenvalue weighted by molar-refractivity contribution is -0.126. The zero-order valence-electron chi connectivity index (χ0n) is 8.47. The van der Waals surface area contributed by atoms with E-state index in [0.717, 1.165) is 4.43 Å². The van der Waals surface area contributed by atoms with Gasteiger partial charge in [-0.3, -0.25) is 4.79 Å². The lowest BCUT2D eigenvalue weighted by Crippen LogP contribution is -2.41. The second-order valence-electron chi connectivity index (χ2n) is 3.21. The Morgan fingerprint density at radius 1 is 1.54 bits per heavy atom. The van der Waals surface area contributed by atoms with Gasteiger partial charge in [0.2, 0.25) is 5.91 Å². The number of nitrogens with one attached hydrogen (secondary N) is 1. The molecule has 0 aromatic rings. The summed E-state index contributed by atoms with van der Waals surface area (Å²) in [4.78, 5) is 11.2. The predicted molar refractivity (Wildman–Crippen MR) is 62.1 cm³/mol. The molecule has 0 bridgehead atoms. The average molecular weight is 299 g/mol. The number of amides is 1. The van der Waals surface area contributed by atoms with E-state index in [1.807, 2.05) is 6.92 Å². The normalized spacial score (nSPS) is 13.0. The molecule has 0 fully saturated rings. The Bertz CT molecular complexity index is 151. The van der Waals surface area contributed by atoms with Crippen LogP contribution in [-0.2, 0) is 9.53 Å². The molecule has 4 heteroatoms. The topological polar surface area (TPSA) is 38.3 Å². The summed E-state index contributed by atoms with van der Waals surface area (Å²) in [6.45, 7) is 6.85. The fourth-order valence-corrected chi connectivity index (χ4v) is 2.06. The van der Waals surface area contributed by atoms with Crippen LogP contribution in [0, 0.1) is 5.92 Å². The Morgan fingerprint density at radius 2 is 2.15 bits per heavy atom. The highest BCUT2D eigenvalue weighted by Gasteiger charge is 2.13. The minimum Gasteiger partial charge on any atom is -0.372 e. The Labute approximate surface area is 93.7 Å². The number of carbonyl (C=O) groups is 1. The number of carbonyl (C=O) groups excluding carboxylic acids is 1. The highest BCUT2D eigenvalue weighted by molar-refractivity contribution is 14.1. The van der Waals surface area contributed by atoms with Crippen molar-refractivity contribution in [1.82, 2.24) is 5.32 Å². The molecule has 78 valence electrons. The van der Waals surface area contributed by atoms with Gasteiger partial charge >= 0.3 is 0 Å². The summed E-state index contributed by atoms with van der Waals surface area (Å²) in [7, 11) is 0. The summed E-state index contributed by atoms with van der Waals surface area (Å²) >= 11 is 2.28. The number of hydrogen-bond donors (Lipinski definition) is 1. The first-order chi connectivity index (χ1) is 6.11. The number of alkyl halides is 1. The minimum atomic E-state index is -0.0165. The molecule has 0 saturated heterocycles. The first kappa shape index (κ1) is 13.2. The Morgan fingerprint density at radius 3 is 2.54 bits per heavy atom. The van der Waals surface area contributed by atoms with E-state index in [1.54, 1.807) is 0 Å². The average Bonchev–Trinajstić information content (AvgIpc) is 2.10. The molecule has 0 spiro atoms. The van der Waals surface area contributed by atoms with Crippen LogP contribution in [0.4, 0.5) is 0 Å². The van der Waals surface area contributed by atoms with Gasteiger partial charge in [0.15, 0.2) is 0 Å². The molecule has 1 N–H and O–H groups in total. The quantitative estimate of drug-likeness (QED) is 0.597. The van der Waals surface area contributed by atoms with Gasteiger partial charge in [0.1, 0.15) is 6.61 Å². The molecular weight excluding hydrogens is 281 g/mol. The number of hydrogen-bond acceptors (Lipinski definition) is 2. The first-order valence-corrected chi connectivity index (χ1v) is 6.07. The Hall–Kier alpha value is 0.160. The molecule has 0 rings (SSSR count). The van der Waals surface area contributed by atoms with Crippen molar-refractivity contribution in [2.75, 3.05) is 17.6 Å². The molecule has 3 nitrogen and oxygen atoms in total. The second kappa shape index (κ2) is 7.55. The van der Waals surface area contributed by atoms with Crippen LogP contribution in [0.2, 0.25) is 0 Å². The molecule has 0 aliphatic rings. The first-order valence-electron chi connectivity index (χ1n) is 4.54. The fraction of sp³-hybridized carbons (Fsp3) is 0.889. The monoisotopic (exact) mass is 299 g/mol. The van der Waals surface area contributed by atoms with Crippen LogP contribution in [0.5, 0.6) is 0 Å². The maximum absolute atomic E-state index is 11.2. The molecule has 0 saturated carbocycles. The Kier molecular flexibility index (Phi) is 7.65. The molecule has 1 unspecified atom stereocenters. The smallest absolute Gasteiger partial charge is 0.246 e. The largest absolute Gasteiger partial charge is 0.372 e. The molecular formula is C9H18INO2. The lowest BCUT2D eigenvalue weighted by Gasteiger charge is -2.19. The van der Waals surface area contributed by atoms with Crippen molar-refractivity contribution >= 4 is 28.5 Å². The maximum Gasteiger partial charge on any atom is 0.246 e. The summed E-state index contributed by atoms with van der Waals surface area (Å²) in [5, 5.41) is 2.93. The van der Waals surface area contributed by atoms with Crippen molar-refractivity contribution in [3.63, 3.8) is 0 Å². The SMILES string of the molecule is CCOCC(=O)NC(CI)C(C)C. The molecule has 13 heavy (non-hydrogen) atoms.